The lowest BCUT2D eigenvalue weighted by Crippen LogP contribution is -2.50. The minimum Gasteiger partial charge on any atom is -0.486 e. The maximum Gasteiger partial charge on any atom is 0.161 e. The van der Waals surface area contributed by atoms with Gasteiger partial charge in [-0.05, 0) is 24.3 Å². The molecule has 4 rings (SSSR count). The lowest BCUT2D eigenvalue weighted by Gasteiger charge is -2.36. The van der Waals surface area contributed by atoms with Crippen LogP contribution in [0.5, 0.6) is 11.5 Å². The Kier molecular flexibility index (Phi) is 6.60. The van der Waals surface area contributed by atoms with Crippen LogP contribution in [-0.4, -0.2) is 61.3 Å². The average molecular weight is 419 g/mol. The van der Waals surface area contributed by atoms with Crippen LogP contribution < -0.4 is 9.47 Å². The number of fused-ring (bicyclic) bond motifs is 1. The molecule has 1 saturated heterocycles. The zero-order valence-corrected chi connectivity index (χ0v) is 17.4. The lowest BCUT2D eigenvalue weighted by atomic mass is 10.1. The SMILES string of the molecule is O[C@H](COC[C@H]1COc2ccccc2O1)C[N+]1(Cc2ccc(Cl)cc2)CCCC1. The highest BCUT2D eigenvalue weighted by atomic mass is 35.5. The summed E-state index contributed by atoms with van der Waals surface area (Å²) in [5, 5.41) is 11.4. The molecule has 1 fully saturated rings. The van der Waals surface area contributed by atoms with Crippen LogP contribution in [0.2, 0.25) is 5.02 Å². The Morgan fingerprint density at radius 2 is 1.79 bits per heavy atom. The fraction of sp³-hybridized carbons (Fsp3) is 0.478. The molecule has 0 unspecified atom stereocenters. The van der Waals surface area contributed by atoms with E-state index < -0.39 is 6.10 Å². The number of para-hydroxylation sites is 2. The summed E-state index contributed by atoms with van der Waals surface area (Å²) in [6.07, 6.45) is 1.75. The van der Waals surface area contributed by atoms with Gasteiger partial charge in [0.2, 0.25) is 0 Å². The predicted molar refractivity (Wildman–Crippen MR) is 112 cm³/mol. The maximum absolute atomic E-state index is 10.7. The summed E-state index contributed by atoms with van der Waals surface area (Å²) in [5.41, 5.74) is 1.26. The molecule has 2 atom stereocenters. The molecule has 29 heavy (non-hydrogen) atoms. The smallest absolute Gasteiger partial charge is 0.161 e. The van der Waals surface area contributed by atoms with Crippen LogP contribution in [0.3, 0.4) is 0 Å². The molecule has 0 radical (unpaired) electrons. The Labute approximate surface area is 177 Å². The number of likely N-dealkylation sites (tertiary alicyclic amines) is 1. The fourth-order valence-electron chi connectivity index (χ4n) is 4.37. The summed E-state index contributed by atoms with van der Waals surface area (Å²) in [4.78, 5) is 0. The first-order valence-corrected chi connectivity index (χ1v) is 10.7. The van der Waals surface area contributed by atoms with Crippen LogP contribution >= 0.6 is 11.6 Å². The molecule has 2 heterocycles. The van der Waals surface area contributed by atoms with E-state index in [0.29, 0.717) is 26.4 Å². The molecule has 156 valence electrons. The molecule has 2 aromatic carbocycles. The zero-order chi connectivity index (χ0) is 20.1. The van der Waals surface area contributed by atoms with Gasteiger partial charge in [-0.15, -0.1) is 0 Å². The zero-order valence-electron chi connectivity index (χ0n) is 16.6. The molecule has 0 bridgehead atoms. The minimum atomic E-state index is -0.503. The number of quaternary nitrogens is 1. The first kappa shape index (κ1) is 20.5. The van der Waals surface area contributed by atoms with Crippen molar-refractivity contribution in [3.05, 3.63) is 59.1 Å². The van der Waals surface area contributed by atoms with Gasteiger partial charge in [-0.2, -0.15) is 0 Å². The van der Waals surface area contributed by atoms with Gasteiger partial charge >= 0.3 is 0 Å². The molecule has 0 spiro atoms. The Bertz CT molecular complexity index is 792. The Morgan fingerprint density at radius 3 is 2.55 bits per heavy atom. The fourth-order valence-corrected chi connectivity index (χ4v) is 4.50. The number of aliphatic hydroxyl groups is 1. The van der Waals surface area contributed by atoms with Crippen LogP contribution in [0.1, 0.15) is 18.4 Å². The minimum absolute atomic E-state index is 0.152. The van der Waals surface area contributed by atoms with Crippen molar-refractivity contribution in [2.75, 3.05) is 39.5 Å². The van der Waals surface area contributed by atoms with E-state index in [1.54, 1.807) is 0 Å². The summed E-state index contributed by atoms with van der Waals surface area (Å²) >= 11 is 6.02. The standard InChI is InChI=1S/C23H29ClNO4/c24-19-9-7-18(8-10-19)13-25(11-3-4-12-25)14-20(26)15-27-16-21-17-28-22-5-1-2-6-23(22)29-21/h1-2,5-10,20-21,26H,3-4,11-17H2/q+1/t20-,21-/m0/s1. The Balaban J connectivity index is 1.26. The molecule has 0 aliphatic carbocycles. The van der Waals surface area contributed by atoms with Gasteiger partial charge in [-0.25, -0.2) is 0 Å². The van der Waals surface area contributed by atoms with E-state index >= 15 is 0 Å². The largest absolute Gasteiger partial charge is 0.486 e. The summed E-state index contributed by atoms with van der Waals surface area (Å²) in [5.74, 6) is 1.52. The second-order valence-electron chi connectivity index (χ2n) is 8.15. The average Bonchev–Trinajstić information content (AvgIpc) is 3.17. The van der Waals surface area contributed by atoms with E-state index in [2.05, 4.69) is 12.1 Å². The number of benzene rings is 2. The van der Waals surface area contributed by atoms with Gasteiger partial charge in [-0.3, -0.25) is 0 Å². The second-order valence-corrected chi connectivity index (χ2v) is 8.59. The van der Waals surface area contributed by atoms with Crippen molar-refractivity contribution in [1.29, 1.82) is 0 Å². The summed E-state index contributed by atoms with van der Waals surface area (Å²) in [7, 11) is 0. The van der Waals surface area contributed by atoms with Crippen molar-refractivity contribution in [1.82, 2.24) is 0 Å². The van der Waals surface area contributed by atoms with Crippen LogP contribution in [0.25, 0.3) is 0 Å². The molecule has 0 saturated carbocycles. The number of hydrogen-bond donors (Lipinski definition) is 1. The number of rotatable bonds is 8. The van der Waals surface area contributed by atoms with Gasteiger partial charge in [0.05, 0.1) is 26.3 Å². The van der Waals surface area contributed by atoms with Crippen molar-refractivity contribution in [3.63, 3.8) is 0 Å². The van der Waals surface area contributed by atoms with E-state index in [9.17, 15) is 5.11 Å². The molecular weight excluding hydrogens is 390 g/mol. The van der Waals surface area contributed by atoms with Crippen molar-refractivity contribution in [3.8, 4) is 11.5 Å². The van der Waals surface area contributed by atoms with E-state index in [4.69, 9.17) is 25.8 Å². The van der Waals surface area contributed by atoms with Crippen molar-refractivity contribution < 1.29 is 23.8 Å². The number of hydrogen-bond acceptors (Lipinski definition) is 4. The third-order valence-electron chi connectivity index (χ3n) is 5.73. The maximum atomic E-state index is 10.7. The van der Waals surface area contributed by atoms with Crippen molar-refractivity contribution >= 4 is 11.6 Å². The van der Waals surface area contributed by atoms with Crippen LogP contribution in [-0.2, 0) is 11.3 Å². The molecule has 5 nitrogen and oxygen atoms in total. The number of ether oxygens (including phenoxy) is 3. The van der Waals surface area contributed by atoms with Gasteiger partial charge in [0.15, 0.2) is 17.6 Å². The van der Waals surface area contributed by atoms with E-state index in [-0.39, 0.29) is 6.10 Å². The molecule has 2 aromatic rings. The molecular formula is C23H29ClNO4+. The number of aliphatic hydroxyl groups excluding tert-OH is 1. The van der Waals surface area contributed by atoms with Gasteiger partial charge in [0, 0.05) is 23.4 Å². The molecule has 6 heteroatoms. The third-order valence-corrected chi connectivity index (χ3v) is 5.98. The van der Waals surface area contributed by atoms with Crippen molar-refractivity contribution in [2.45, 2.75) is 31.6 Å². The van der Waals surface area contributed by atoms with Crippen LogP contribution in [0.4, 0.5) is 0 Å². The quantitative estimate of drug-likeness (QED) is 0.664. The first-order valence-electron chi connectivity index (χ1n) is 10.4. The highest BCUT2D eigenvalue weighted by molar-refractivity contribution is 6.30. The second kappa shape index (κ2) is 9.35. The van der Waals surface area contributed by atoms with Crippen LogP contribution in [0, 0.1) is 0 Å². The molecule has 2 aliphatic heterocycles. The molecule has 0 amide bonds. The van der Waals surface area contributed by atoms with E-state index in [0.717, 1.165) is 40.6 Å². The predicted octanol–water partition coefficient (Wildman–Crippen LogP) is 3.67. The topological polar surface area (TPSA) is 47.9 Å². The Hall–Kier alpha value is -1.79. The lowest BCUT2D eigenvalue weighted by molar-refractivity contribution is -0.932. The summed E-state index contributed by atoms with van der Waals surface area (Å²) < 4.78 is 18.3. The third kappa shape index (κ3) is 5.43. The summed E-state index contributed by atoms with van der Waals surface area (Å²) in [6, 6.07) is 15.7. The number of halogens is 1. The van der Waals surface area contributed by atoms with E-state index in [1.165, 1.54) is 18.4 Å². The highest BCUT2D eigenvalue weighted by Crippen LogP contribution is 2.31. The van der Waals surface area contributed by atoms with Gasteiger partial charge in [0.1, 0.15) is 25.8 Å². The normalized spacial score (nSPS) is 21.1. The Morgan fingerprint density at radius 1 is 1.07 bits per heavy atom. The van der Waals surface area contributed by atoms with Crippen LogP contribution in [0.15, 0.2) is 48.5 Å². The molecule has 2 aliphatic rings. The monoisotopic (exact) mass is 418 g/mol. The molecule has 1 N–H and O–H groups in total. The van der Waals surface area contributed by atoms with Gasteiger partial charge < -0.3 is 23.8 Å². The first-order chi connectivity index (χ1) is 14.1. The van der Waals surface area contributed by atoms with Gasteiger partial charge in [0.25, 0.3) is 0 Å². The number of nitrogens with zero attached hydrogens (tertiary/aromatic N) is 1. The van der Waals surface area contributed by atoms with Crippen molar-refractivity contribution in [2.24, 2.45) is 0 Å². The summed E-state index contributed by atoms with van der Waals surface area (Å²) in [6.45, 7) is 4.98. The van der Waals surface area contributed by atoms with E-state index in [1.807, 2.05) is 36.4 Å². The molecule has 0 aromatic heterocycles. The van der Waals surface area contributed by atoms with Gasteiger partial charge in [-0.1, -0.05) is 35.9 Å². The highest BCUT2D eigenvalue weighted by Gasteiger charge is 2.34.